The molecule has 110 valence electrons. The first-order chi connectivity index (χ1) is 10.3. The van der Waals surface area contributed by atoms with Crippen molar-refractivity contribution in [1.29, 1.82) is 0 Å². The molecule has 0 heterocycles. The summed E-state index contributed by atoms with van der Waals surface area (Å²) in [5, 5.41) is 6.03. The van der Waals surface area contributed by atoms with Crippen molar-refractivity contribution in [1.82, 2.24) is 5.32 Å². The molecule has 1 aliphatic rings. The van der Waals surface area contributed by atoms with Crippen LogP contribution in [0.4, 0.5) is 5.69 Å². The molecule has 0 spiro atoms. The second kappa shape index (κ2) is 8.16. The van der Waals surface area contributed by atoms with Crippen LogP contribution in [0.3, 0.4) is 0 Å². The highest BCUT2D eigenvalue weighted by Gasteiger charge is 2.05. The normalized spacial score (nSPS) is 14.0. The summed E-state index contributed by atoms with van der Waals surface area (Å²) in [6.07, 6.45) is 13.6. The fourth-order valence-corrected chi connectivity index (χ4v) is 2.46. The predicted octanol–water partition coefficient (Wildman–Crippen LogP) is 3.09. The Morgan fingerprint density at radius 3 is 3.00 bits per heavy atom. The number of amides is 1. The Bertz CT molecular complexity index is 555. The molecule has 1 aliphatic carbocycles. The van der Waals surface area contributed by atoms with Crippen molar-refractivity contribution in [2.45, 2.75) is 32.1 Å². The number of anilines is 1. The van der Waals surface area contributed by atoms with Crippen LogP contribution in [0.25, 0.3) is 0 Å². The van der Waals surface area contributed by atoms with Crippen molar-refractivity contribution in [2.24, 2.45) is 0 Å². The van der Waals surface area contributed by atoms with Gasteiger partial charge in [0.05, 0.1) is 6.54 Å². The van der Waals surface area contributed by atoms with Gasteiger partial charge in [0.2, 0.25) is 5.91 Å². The minimum Gasteiger partial charge on any atom is -0.376 e. The van der Waals surface area contributed by atoms with Crippen molar-refractivity contribution in [2.75, 3.05) is 18.4 Å². The minimum atomic E-state index is 0.0116. The molecule has 1 aromatic rings. The maximum Gasteiger partial charge on any atom is 0.239 e. The topological polar surface area (TPSA) is 41.1 Å². The van der Waals surface area contributed by atoms with Gasteiger partial charge in [-0.1, -0.05) is 23.6 Å². The fraction of sp³-hybridized carbons (Fsp3) is 0.389. The largest absolute Gasteiger partial charge is 0.376 e. The third kappa shape index (κ3) is 5.35. The lowest BCUT2D eigenvalue weighted by molar-refractivity contribution is -0.119. The first-order valence-electron chi connectivity index (χ1n) is 7.53. The van der Waals surface area contributed by atoms with Crippen LogP contribution in [-0.4, -0.2) is 19.0 Å². The van der Waals surface area contributed by atoms with Gasteiger partial charge >= 0.3 is 0 Å². The fourth-order valence-electron chi connectivity index (χ4n) is 2.46. The zero-order valence-electron chi connectivity index (χ0n) is 12.3. The molecule has 1 aromatic carbocycles. The number of allylic oxidation sites excluding steroid dienone is 1. The Morgan fingerprint density at radius 1 is 1.33 bits per heavy atom. The average molecular weight is 282 g/mol. The quantitative estimate of drug-likeness (QED) is 0.622. The maximum atomic E-state index is 11.8. The molecule has 0 saturated heterocycles. The smallest absolute Gasteiger partial charge is 0.239 e. The zero-order valence-corrected chi connectivity index (χ0v) is 12.3. The van der Waals surface area contributed by atoms with Crippen LogP contribution in [-0.2, 0) is 4.79 Å². The van der Waals surface area contributed by atoms with Crippen molar-refractivity contribution in [3.8, 4) is 12.3 Å². The molecular formula is C18H22N2O. The Morgan fingerprint density at radius 2 is 2.24 bits per heavy atom. The van der Waals surface area contributed by atoms with Crippen molar-refractivity contribution >= 4 is 11.6 Å². The molecule has 0 fully saturated rings. The molecular weight excluding hydrogens is 260 g/mol. The van der Waals surface area contributed by atoms with E-state index in [-0.39, 0.29) is 12.5 Å². The molecule has 0 saturated carbocycles. The summed E-state index contributed by atoms with van der Waals surface area (Å²) >= 11 is 0. The molecule has 0 radical (unpaired) electrons. The summed E-state index contributed by atoms with van der Waals surface area (Å²) in [6.45, 7) is 0.990. The third-order valence-corrected chi connectivity index (χ3v) is 3.64. The van der Waals surface area contributed by atoms with Gasteiger partial charge in [-0.3, -0.25) is 4.79 Å². The van der Waals surface area contributed by atoms with Gasteiger partial charge < -0.3 is 10.6 Å². The van der Waals surface area contributed by atoms with E-state index in [1.165, 1.54) is 31.3 Å². The van der Waals surface area contributed by atoms with Crippen LogP contribution < -0.4 is 10.6 Å². The monoisotopic (exact) mass is 282 g/mol. The van der Waals surface area contributed by atoms with Crippen LogP contribution in [0.1, 0.15) is 37.7 Å². The third-order valence-electron chi connectivity index (χ3n) is 3.64. The molecule has 0 bridgehead atoms. The number of hydrogen-bond acceptors (Lipinski definition) is 2. The van der Waals surface area contributed by atoms with E-state index in [2.05, 4.69) is 22.6 Å². The zero-order chi connectivity index (χ0) is 14.9. The van der Waals surface area contributed by atoms with E-state index in [1.54, 1.807) is 0 Å². The Balaban J connectivity index is 1.67. The first-order valence-corrected chi connectivity index (χ1v) is 7.53. The molecule has 3 nitrogen and oxygen atoms in total. The van der Waals surface area contributed by atoms with Gasteiger partial charge in [0.25, 0.3) is 0 Å². The number of rotatable bonds is 6. The van der Waals surface area contributed by atoms with Crippen molar-refractivity contribution in [3.63, 3.8) is 0 Å². The van der Waals surface area contributed by atoms with E-state index >= 15 is 0 Å². The van der Waals surface area contributed by atoms with Crippen molar-refractivity contribution in [3.05, 3.63) is 41.5 Å². The van der Waals surface area contributed by atoms with Crippen LogP contribution >= 0.6 is 0 Å². The summed E-state index contributed by atoms with van der Waals surface area (Å²) < 4.78 is 0. The van der Waals surface area contributed by atoms with Gasteiger partial charge in [0, 0.05) is 17.8 Å². The number of nitrogens with one attached hydrogen (secondary N) is 2. The van der Waals surface area contributed by atoms with E-state index in [4.69, 9.17) is 6.42 Å². The number of terminal acetylenes is 1. The van der Waals surface area contributed by atoms with Gasteiger partial charge in [-0.25, -0.2) is 0 Å². The lowest BCUT2D eigenvalue weighted by Crippen LogP contribution is -2.30. The van der Waals surface area contributed by atoms with E-state index in [0.717, 1.165) is 24.2 Å². The molecule has 0 aromatic heterocycles. The molecule has 2 N–H and O–H groups in total. The van der Waals surface area contributed by atoms with Gasteiger partial charge in [0.1, 0.15) is 0 Å². The van der Waals surface area contributed by atoms with Crippen LogP contribution in [0, 0.1) is 12.3 Å². The standard InChI is InChI=1S/C18H22N2O/c1-2-15-9-6-10-17(13-15)20-14-18(21)19-12-11-16-7-4-3-5-8-16/h1,6-7,9-10,13,20H,3-5,8,11-12,14H2,(H,19,21). The molecule has 3 heteroatoms. The second-order valence-electron chi connectivity index (χ2n) is 5.29. The summed E-state index contributed by atoms with van der Waals surface area (Å²) in [4.78, 5) is 11.8. The number of carbonyl (C=O) groups excluding carboxylic acids is 1. The van der Waals surface area contributed by atoms with Gasteiger partial charge in [-0.05, 0) is 50.3 Å². The summed E-state index contributed by atoms with van der Waals surface area (Å²) in [7, 11) is 0. The minimum absolute atomic E-state index is 0.0116. The molecule has 1 amide bonds. The molecule has 0 aliphatic heterocycles. The second-order valence-corrected chi connectivity index (χ2v) is 5.29. The number of carbonyl (C=O) groups is 1. The van der Waals surface area contributed by atoms with Crippen LogP contribution in [0.15, 0.2) is 35.9 Å². The lowest BCUT2D eigenvalue weighted by atomic mass is 9.97. The molecule has 21 heavy (non-hydrogen) atoms. The van der Waals surface area contributed by atoms with E-state index in [0.29, 0.717) is 0 Å². The van der Waals surface area contributed by atoms with Crippen LogP contribution in [0.5, 0.6) is 0 Å². The Hall–Kier alpha value is -2.21. The predicted molar refractivity (Wildman–Crippen MR) is 87.0 cm³/mol. The van der Waals surface area contributed by atoms with Crippen molar-refractivity contribution < 1.29 is 4.79 Å². The molecule has 0 unspecified atom stereocenters. The molecule has 0 atom stereocenters. The number of hydrogen-bond donors (Lipinski definition) is 2. The highest BCUT2D eigenvalue weighted by molar-refractivity contribution is 5.80. The highest BCUT2D eigenvalue weighted by Crippen LogP contribution is 2.19. The Kier molecular flexibility index (Phi) is 5.90. The molecule has 2 rings (SSSR count). The van der Waals surface area contributed by atoms with E-state index in [9.17, 15) is 4.79 Å². The SMILES string of the molecule is C#Cc1cccc(NCC(=O)NCCC2=CCCCC2)c1. The Labute approximate surface area is 126 Å². The van der Waals surface area contributed by atoms with Gasteiger partial charge in [-0.15, -0.1) is 6.42 Å². The van der Waals surface area contributed by atoms with Crippen LogP contribution in [0.2, 0.25) is 0 Å². The summed E-state index contributed by atoms with van der Waals surface area (Å²) in [6, 6.07) is 7.51. The van der Waals surface area contributed by atoms with E-state index < -0.39 is 0 Å². The van der Waals surface area contributed by atoms with Gasteiger partial charge in [0.15, 0.2) is 0 Å². The average Bonchev–Trinajstić information content (AvgIpc) is 2.54. The highest BCUT2D eigenvalue weighted by atomic mass is 16.1. The van der Waals surface area contributed by atoms with Gasteiger partial charge in [-0.2, -0.15) is 0 Å². The lowest BCUT2D eigenvalue weighted by Gasteiger charge is -2.13. The maximum absolute atomic E-state index is 11.8. The summed E-state index contributed by atoms with van der Waals surface area (Å²) in [5.41, 5.74) is 3.16. The first kappa shape index (κ1) is 15.2. The number of benzene rings is 1. The van der Waals surface area contributed by atoms with E-state index in [1.807, 2.05) is 24.3 Å². The summed E-state index contributed by atoms with van der Waals surface area (Å²) in [5.74, 6) is 2.59.